The van der Waals surface area contributed by atoms with Gasteiger partial charge in [0.15, 0.2) is 0 Å². The van der Waals surface area contributed by atoms with Crippen LogP contribution < -0.4 is 9.30 Å². The summed E-state index contributed by atoms with van der Waals surface area (Å²) in [5.74, 6) is 2.00. The van der Waals surface area contributed by atoms with E-state index in [0.29, 0.717) is 11.5 Å². The zero-order valence-corrected chi connectivity index (χ0v) is 45.8. The van der Waals surface area contributed by atoms with E-state index >= 15 is 0 Å². The van der Waals surface area contributed by atoms with Crippen molar-refractivity contribution in [2.45, 2.75) is 64.7 Å². The minimum Gasteiger partial charge on any atom is -0.510 e. The van der Waals surface area contributed by atoms with Gasteiger partial charge in [0.2, 0.25) is 0 Å². The minimum absolute atomic E-state index is 0. The van der Waals surface area contributed by atoms with Crippen molar-refractivity contribution in [3.05, 3.63) is 247 Å². The molecular formula is C70H54N4OPt-2. The summed E-state index contributed by atoms with van der Waals surface area (Å²) >= 11 is 0. The van der Waals surface area contributed by atoms with Crippen molar-refractivity contribution in [2.24, 2.45) is 0 Å². The number of fused-ring (bicyclic) bond motifs is 10. The molecule has 9 aromatic carbocycles. The van der Waals surface area contributed by atoms with Crippen LogP contribution in [0.2, 0.25) is 0 Å². The number of imidazole rings is 1. The fourth-order valence-electron chi connectivity index (χ4n) is 12.3. The van der Waals surface area contributed by atoms with Gasteiger partial charge in [0.05, 0.1) is 16.7 Å². The molecule has 0 bridgehead atoms. The number of rotatable bonds is 7. The fraction of sp³-hybridized carbons (Fsp3) is 0.143. The zero-order chi connectivity index (χ0) is 51.0. The molecule has 0 amide bonds. The number of nitrogens with zero attached hydrogens (tertiary/aromatic N) is 4. The maximum Gasteiger partial charge on any atom is 0.268 e. The van der Waals surface area contributed by atoms with Gasteiger partial charge in [-0.15, -0.1) is 29.7 Å². The van der Waals surface area contributed by atoms with Gasteiger partial charge in [-0.1, -0.05) is 200 Å². The third-order valence-corrected chi connectivity index (χ3v) is 16.2. The molecule has 5 nitrogen and oxygen atoms in total. The molecule has 2 aliphatic rings. The summed E-state index contributed by atoms with van der Waals surface area (Å²) in [6, 6.07) is 77.5. The van der Waals surface area contributed by atoms with Crippen molar-refractivity contribution in [3.63, 3.8) is 0 Å². The molecule has 2 aliphatic carbocycles. The molecule has 0 N–H and O–H groups in total. The van der Waals surface area contributed by atoms with Gasteiger partial charge in [-0.3, -0.25) is 4.57 Å². The molecule has 3 heterocycles. The number of ether oxygens (including phenoxy) is 1. The van der Waals surface area contributed by atoms with E-state index in [4.69, 9.17) is 9.72 Å². The Labute approximate surface area is 459 Å². The maximum absolute atomic E-state index is 6.75. The van der Waals surface area contributed by atoms with Crippen molar-refractivity contribution in [1.29, 1.82) is 0 Å². The first-order valence-electron chi connectivity index (χ1n) is 26.0. The monoisotopic (exact) mass is 1160 g/mol. The van der Waals surface area contributed by atoms with Crippen molar-refractivity contribution in [2.75, 3.05) is 0 Å². The van der Waals surface area contributed by atoms with Crippen LogP contribution in [-0.4, -0.2) is 14.1 Å². The Morgan fingerprint density at radius 1 is 0.500 bits per heavy atom. The molecule has 0 atom stereocenters. The van der Waals surface area contributed by atoms with E-state index in [9.17, 15) is 0 Å². The van der Waals surface area contributed by atoms with Crippen LogP contribution in [0, 0.1) is 18.5 Å². The number of aromatic nitrogens is 4. The van der Waals surface area contributed by atoms with Gasteiger partial charge in [0, 0.05) is 55.1 Å². The standard InChI is InChI=1S/C70H54N4O.Pt/c1-68(2,3)46-36-37-71-66(40-46)74-62-27-13-10-22-56(62)57-35-32-49(42-65(57)74)75-48-19-16-18-47(41-48)72-43-73(64-29-15-14-28-63(64)72)67-50(44-30-33-54-52-20-8-11-25-58(52)69(4,5)60(54)38-44)23-17-24-51(67)45-31-34-55-53-21-9-12-26-59(53)70(6,7)61(55)39-45;/h8-40H,1-7H3;/q-2;. The summed E-state index contributed by atoms with van der Waals surface area (Å²) in [5, 5.41) is 2.22. The molecule has 3 aromatic heterocycles. The Morgan fingerprint density at radius 2 is 1.07 bits per heavy atom. The Bertz CT molecular complexity index is 4210. The van der Waals surface area contributed by atoms with E-state index in [-0.39, 0.29) is 37.3 Å². The van der Waals surface area contributed by atoms with Crippen LogP contribution in [0.15, 0.2) is 200 Å². The van der Waals surface area contributed by atoms with Crippen LogP contribution >= 0.6 is 0 Å². The molecule has 0 fully saturated rings. The Hall–Kier alpha value is -8.11. The molecule has 0 unspecified atom stereocenters. The molecule has 372 valence electrons. The molecule has 12 aromatic rings. The summed E-state index contributed by atoms with van der Waals surface area (Å²) in [4.78, 5) is 4.89. The second kappa shape index (κ2) is 17.5. The SMILES string of the molecule is CC(C)(C)c1ccnc(-n2c3[c-]c(Oc4[c-]c(-n5[c-][n+](-c6c(-c7ccc8c(c7)C(C)(C)c7ccccc7-8)cccc6-c6ccc7c(c6)C(C)(C)c6ccccc6-7)c6ccccc65)ccc4)ccc3c3ccccc32)c1.[Pt]. The summed E-state index contributed by atoms with van der Waals surface area (Å²) in [7, 11) is 0. The minimum atomic E-state index is -0.157. The number of pyridine rings is 1. The quantitative estimate of drug-likeness (QED) is 0.118. The molecule has 0 saturated heterocycles. The molecule has 0 radical (unpaired) electrons. The molecule has 0 spiro atoms. The van der Waals surface area contributed by atoms with E-state index in [1.807, 2.05) is 24.4 Å². The summed E-state index contributed by atoms with van der Waals surface area (Å²) in [6.07, 6.45) is 5.81. The van der Waals surface area contributed by atoms with Crippen LogP contribution in [0.5, 0.6) is 11.5 Å². The number of benzene rings is 9. The topological polar surface area (TPSA) is 35.9 Å². The molecule has 14 rings (SSSR count). The normalized spacial score (nSPS) is 13.8. The van der Waals surface area contributed by atoms with Crippen LogP contribution in [-0.2, 0) is 37.3 Å². The zero-order valence-electron chi connectivity index (χ0n) is 43.6. The molecule has 0 aliphatic heterocycles. The van der Waals surface area contributed by atoms with Crippen LogP contribution in [0.3, 0.4) is 0 Å². The fourth-order valence-corrected chi connectivity index (χ4v) is 12.3. The van der Waals surface area contributed by atoms with E-state index < -0.39 is 0 Å². The maximum atomic E-state index is 6.75. The van der Waals surface area contributed by atoms with Gasteiger partial charge in [0.25, 0.3) is 6.33 Å². The van der Waals surface area contributed by atoms with E-state index in [0.717, 1.165) is 72.3 Å². The smallest absolute Gasteiger partial charge is 0.268 e. The van der Waals surface area contributed by atoms with Gasteiger partial charge in [-0.2, -0.15) is 18.2 Å². The van der Waals surface area contributed by atoms with E-state index in [2.05, 4.69) is 257 Å². The van der Waals surface area contributed by atoms with Crippen LogP contribution in [0.1, 0.15) is 76.3 Å². The summed E-state index contributed by atoms with van der Waals surface area (Å²) in [5.41, 5.74) is 21.9. The Kier molecular flexibility index (Phi) is 10.9. The second-order valence-corrected chi connectivity index (χ2v) is 22.4. The Balaban J connectivity index is 0.00000553. The van der Waals surface area contributed by atoms with Gasteiger partial charge >= 0.3 is 0 Å². The van der Waals surface area contributed by atoms with Crippen molar-refractivity contribution >= 4 is 32.8 Å². The van der Waals surface area contributed by atoms with Gasteiger partial charge < -0.3 is 13.9 Å². The molecule has 6 heteroatoms. The third-order valence-electron chi connectivity index (χ3n) is 16.2. The molecule has 0 saturated carbocycles. The second-order valence-electron chi connectivity index (χ2n) is 22.4. The number of hydrogen-bond donors (Lipinski definition) is 0. The van der Waals surface area contributed by atoms with Crippen molar-refractivity contribution < 1.29 is 30.4 Å². The van der Waals surface area contributed by atoms with Gasteiger partial charge in [-0.05, 0) is 107 Å². The first-order valence-corrected chi connectivity index (χ1v) is 26.0. The molecular weight excluding hydrogens is 1110 g/mol. The predicted molar refractivity (Wildman–Crippen MR) is 305 cm³/mol. The number of hydrogen-bond acceptors (Lipinski definition) is 2. The first kappa shape index (κ1) is 47.6. The molecule has 76 heavy (non-hydrogen) atoms. The summed E-state index contributed by atoms with van der Waals surface area (Å²) in [6.45, 7) is 16.1. The van der Waals surface area contributed by atoms with Gasteiger partial charge in [-0.25, -0.2) is 4.98 Å². The predicted octanol–water partition coefficient (Wildman–Crippen LogP) is 16.8. The van der Waals surface area contributed by atoms with E-state index in [1.54, 1.807) is 0 Å². The average molecular weight is 1160 g/mol. The first-order chi connectivity index (χ1) is 36.3. The van der Waals surface area contributed by atoms with Crippen molar-refractivity contribution in [3.8, 4) is 73.2 Å². The summed E-state index contributed by atoms with van der Waals surface area (Å²) < 4.78 is 13.3. The van der Waals surface area contributed by atoms with E-state index in [1.165, 1.54) is 50.1 Å². The van der Waals surface area contributed by atoms with Gasteiger partial charge in [0.1, 0.15) is 5.82 Å². The Morgan fingerprint density at radius 3 is 1.74 bits per heavy atom. The average Bonchev–Trinajstić information content (AvgIpc) is 4.20. The number of para-hydroxylation sites is 4. The van der Waals surface area contributed by atoms with Crippen LogP contribution in [0.25, 0.3) is 94.5 Å². The largest absolute Gasteiger partial charge is 0.510 e. The van der Waals surface area contributed by atoms with Crippen LogP contribution in [0.4, 0.5) is 0 Å². The third kappa shape index (κ3) is 7.30. The van der Waals surface area contributed by atoms with Crippen molar-refractivity contribution in [1.82, 2.24) is 14.1 Å².